The van der Waals surface area contributed by atoms with Gasteiger partial charge in [-0.1, -0.05) is 11.6 Å². The van der Waals surface area contributed by atoms with Crippen LogP contribution in [0, 0.1) is 11.3 Å². The van der Waals surface area contributed by atoms with Gasteiger partial charge in [0.1, 0.15) is 0 Å². The van der Waals surface area contributed by atoms with Crippen molar-refractivity contribution in [2.45, 2.75) is 12.3 Å². The smallest absolute Gasteiger partial charge is 0.310 e. The predicted molar refractivity (Wildman–Crippen MR) is 61.4 cm³/mol. The van der Waals surface area contributed by atoms with E-state index in [0.717, 1.165) is 0 Å². The summed E-state index contributed by atoms with van der Waals surface area (Å²) in [4.78, 5) is 11.2. The van der Waals surface area contributed by atoms with Gasteiger partial charge in [0, 0.05) is 10.9 Å². The maximum atomic E-state index is 11.2. The van der Waals surface area contributed by atoms with Crippen molar-refractivity contribution in [1.82, 2.24) is 0 Å². The van der Waals surface area contributed by atoms with Gasteiger partial charge in [-0.3, -0.25) is 4.79 Å². The molecular formula is C11H9Cl2NO2. The van der Waals surface area contributed by atoms with Crippen LogP contribution in [0.3, 0.4) is 0 Å². The molecular weight excluding hydrogens is 249 g/mol. The SMILES string of the molecule is COC(=O)Cc1c(Cl)cc(C#N)cc1CCl. The molecule has 1 rings (SSSR count). The summed E-state index contributed by atoms with van der Waals surface area (Å²) in [6.45, 7) is 0. The first kappa shape index (κ1) is 12.8. The van der Waals surface area contributed by atoms with Gasteiger partial charge >= 0.3 is 5.97 Å². The second-order valence-electron chi connectivity index (χ2n) is 3.09. The van der Waals surface area contributed by atoms with Crippen LogP contribution in [0.15, 0.2) is 12.1 Å². The van der Waals surface area contributed by atoms with Crippen molar-refractivity contribution in [1.29, 1.82) is 5.26 Å². The first-order chi connectivity index (χ1) is 7.62. The third-order valence-electron chi connectivity index (χ3n) is 2.11. The van der Waals surface area contributed by atoms with Crippen molar-refractivity contribution in [2.24, 2.45) is 0 Å². The highest BCUT2D eigenvalue weighted by Gasteiger charge is 2.13. The van der Waals surface area contributed by atoms with Gasteiger partial charge in [-0.25, -0.2) is 0 Å². The molecule has 5 heteroatoms. The maximum Gasteiger partial charge on any atom is 0.310 e. The quantitative estimate of drug-likeness (QED) is 0.618. The molecule has 0 atom stereocenters. The van der Waals surface area contributed by atoms with E-state index < -0.39 is 5.97 Å². The van der Waals surface area contributed by atoms with Gasteiger partial charge in [0.2, 0.25) is 0 Å². The molecule has 1 aromatic rings. The lowest BCUT2D eigenvalue weighted by Crippen LogP contribution is -2.07. The maximum absolute atomic E-state index is 11.2. The molecule has 0 radical (unpaired) electrons. The molecule has 0 saturated carbocycles. The van der Waals surface area contributed by atoms with Crippen molar-refractivity contribution in [3.63, 3.8) is 0 Å². The van der Waals surface area contributed by atoms with Crippen LogP contribution in [-0.4, -0.2) is 13.1 Å². The Bertz CT molecular complexity index is 452. The molecule has 0 aliphatic rings. The van der Waals surface area contributed by atoms with Gasteiger partial charge in [-0.05, 0) is 23.3 Å². The minimum atomic E-state index is -0.391. The molecule has 1 aromatic carbocycles. The summed E-state index contributed by atoms with van der Waals surface area (Å²) in [6, 6.07) is 5.11. The van der Waals surface area contributed by atoms with E-state index in [-0.39, 0.29) is 12.3 Å². The van der Waals surface area contributed by atoms with Gasteiger partial charge in [-0.2, -0.15) is 5.26 Å². The normalized spacial score (nSPS) is 9.62. The molecule has 84 valence electrons. The zero-order valence-electron chi connectivity index (χ0n) is 8.59. The number of rotatable bonds is 3. The highest BCUT2D eigenvalue weighted by molar-refractivity contribution is 6.32. The molecule has 0 saturated heterocycles. The Labute approximate surface area is 104 Å². The first-order valence-electron chi connectivity index (χ1n) is 4.46. The number of carbonyl (C=O) groups is 1. The van der Waals surface area contributed by atoms with Crippen molar-refractivity contribution >= 4 is 29.2 Å². The van der Waals surface area contributed by atoms with Crippen molar-refractivity contribution in [3.05, 3.63) is 33.8 Å². The van der Waals surface area contributed by atoms with Gasteiger partial charge in [0.25, 0.3) is 0 Å². The second-order valence-corrected chi connectivity index (χ2v) is 3.77. The summed E-state index contributed by atoms with van der Waals surface area (Å²) in [6.07, 6.45) is 0.0586. The van der Waals surface area contributed by atoms with E-state index in [1.54, 1.807) is 6.07 Å². The number of hydrogen-bond acceptors (Lipinski definition) is 3. The number of halogens is 2. The summed E-state index contributed by atoms with van der Waals surface area (Å²) >= 11 is 11.7. The number of alkyl halides is 1. The Hall–Kier alpha value is -1.24. The predicted octanol–water partition coefficient (Wildman–Crippen LogP) is 2.67. The van der Waals surface area contributed by atoms with Crippen LogP contribution in [0.2, 0.25) is 5.02 Å². The monoisotopic (exact) mass is 257 g/mol. The highest BCUT2D eigenvalue weighted by Crippen LogP contribution is 2.24. The average molecular weight is 258 g/mol. The summed E-state index contributed by atoms with van der Waals surface area (Å²) in [7, 11) is 1.31. The molecule has 16 heavy (non-hydrogen) atoms. The number of benzene rings is 1. The topological polar surface area (TPSA) is 50.1 Å². The number of hydrogen-bond donors (Lipinski definition) is 0. The van der Waals surface area contributed by atoms with Gasteiger partial charge in [0.15, 0.2) is 0 Å². The Morgan fingerprint density at radius 2 is 2.25 bits per heavy atom. The number of carbonyl (C=O) groups excluding carboxylic acids is 1. The van der Waals surface area contributed by atoms with E-state index in [1.165, 1.54) is 13.2 Å². The Balaban J connectivity index is 3.17. The van der Waals surface area contributed by atoms with Crippen LogP contribution in [0.4, 0.5) is 0 Å². The summed E-state index contributed by atoms with van der Waals surface area (Å²) in [5.74, 6) is -0.195. The van der Waals surface area contributed by atoms with Crippen molar-refractivity contribution in [3.8, 4) is 6.07 Å². The molecule has 0 N–H and O–H groups in total. The summed E-state index contributed by atoms with van der Waals surface area (Å²) in [5, 5.41) is 9.12. The molecule has 0 heterocycles. The van der Waals surface area contributed by atoms with Gasteiger partial charge in [0.05, 0.1) is 25.2 Å². The molecule has 0 fully saturated rings. The molecule has 0 aromatic heterocycles. The van der Waals surface area contributed by atoms with Gasteiger partial charge < -0.3 is 4.74 Å². The fourth-order valence-corrected chi connectivity index (χ4v) is 1.84. The van der Waals surface area contributed by atoms with E-state index in [0.29, 0.717) is 21.7 Å². The number of nitriles is 1. The number of nitrogens with zero attached hydrogens (tertiary/aromatic N) is 1. The second kappa shape index (κ2) is 5.74. The average Bonchev–Trinajstić information content (AvgIpc) is 2.30. The molecule has 3 nitrogen and oxygen atoms in total. The summed E-state index contributed by atoms with van der Waals surface area (Å²) in [5.41, 5.74) is 1.72. The highest BCUT2D eigenvalue weighted by atomic mass is 35.5. The van der Waals surface area contributed by atoms with E-state index in [1.807, 2.05) is 6.07 Å². The molecule has 0 bridgehead atoms. The molecule has 0 unspecified atom stereocenters. The number of esters is 1. The Morgan fingerprint density at radius 3 is 2.75 bits per heavy atom. The molecule has 0 aliphatic carbocycles. The zero-order chi connectivity index (χ0) is 12.1. The van der Waals surface area contributed by atoms with E-state index >= 15 is 0 Å². The van der Waals surface area contributed by atoms with Gasteiger partial charge in [-0.15, -0.1) is 11.6 Å². The van der Waals surface area contributed by atoms with Crippen LogP contribution in [-0.2, 0) is 21.8 Å². The van der Waals surface area contributed by atoms with E-state index in [9.17, 15) is 4.79 Å². The standard InChI is InChI=1S/C11H9Cl2NO2/c1-16-11(15)4-9-8(5-12)2-7(6-14)3-10(9)13/h2-3H,4-5H2,1H3. The molecule has 0 aliphatic heterocycles. The molecule has 0 spiro atoms. The fourth-order valence-electron chi connectivity index (χ4n) is 1.29. The Morgan fingerprint density at radius 1 is 1.56 bits per heavy atom. The number of methoxy groups -OCH3 is 1. The fraction of sp³-hybridized carbons (Fsp3) is 0.273. The van der Waals surface area contributed by atoms with Crippen LogP contribution >= 0.6 is 23.2 Å². The Kier molecular flexibility index (Phi) is 4.60. The summed E-state index contributed by atoms with van der Waals surface area (Å²) < 4.78 is 4.56. The van der Waals surface area contributed by atoms with Crippen LogP contribution < -0.4 is 0 Å². The minimum absolute atomic E-state index is 0.0586. The van der Waals surface area contributed by atoms with E-state index in [2.05, 4.69) is 4.74 Å². The number of ether oxygens (including phenoxy) is 1. The van der Waals surface area contributed by atoms with Crippen LogP contribution in [0.25, 0.3) is 0 Å². The lowest BCUT2D eigenvalue weighted by molar-refractivity contribution is -0.139. The van der Waals surface area contributed by atoms with Crippen LogP contribution in [0.5, 0.6) is 0 Å². The van der Waals surface area contributed by atoms with Crippen LogP contribution in [0.1, 0.15) is 16.7 Å². The lowest BCUT2D eigenvalue weighted by atomic mass is 10.0. The van der Waals surface area contributed by atoms with Crippen molar-refractivity contribution < 1.29 is 9.53 Å². The first-order valence-corrected chi connectivity index (χ1v) is 5.37. The third-order valence-corrected chi connectivity index (χ3v) is 2.73. The minimum Gasteiger partial charge on any atom is -0.469 e. The molecule has 0 amide bonds. The zero-order valence-corrected chi connectivity index (χ0v) is 10.1. The lowest BCUT2D eigenvalue weighted by Gasteiger charge is -2.09. The third kappa shape index (κ3) is 2.88. The largest absolute Gasteiger partial charge is 0.469 e. The van der Waals surface area contributed by atoms with E-state index in [4.69, 9.17) is 28.5 Å². The van der Waals surface area contributed by atoms with Crippen molar-refractivity contribution in [2.75, 3.05) is 7.11 Å².